The molecule has 0 radical (unpaired) electrons. The second-order valence-corrected chi connectivity index (χ2v) is 18.9. The number of carboxylic acid groups (broad SMARTS) is 2. The van der Waals surface area contributed by atoms with Gasteiger partial charge < -0.3 is 60.6 Å². The van der Waals surface area contributed by atoms with Crippen molar-refractivity contribution in [2.24, 2.45) is 11.7 Å². The number of carbonyl (C=O) groups is 9. The minimum Gasteiger partial charge on any atom is -0.481 e. The van der Waals surface area contributed by atoms with E-state index in [2.05, 4.69) is 25.9 Å². The molecule has 21 heteroatoms. The van der Waals surface area contributed by atoms with Crippen LogP contribution in [0.3, 0.4) is 0 Å². The molecule has 0 unspecified atom stereocenters. The molecule has 0 spiro atoms. The van der Waals surface area contributed by atoms with Crippen LogP contribution in [0.1, 0.15) is 182 Å². The number of hydrogen-bond donors (Lipinski definition) is 7. The molecule has 0 saturated carbocycles. The first kappa shape index (κ1) is 67.1. The number of Topliss-reactive ketones (excluding diaryl/α,β-unsaturated/α-hetero) is 4. The molecule has 0 bridgehead atoms. The highest BCUT2D eigenvalue weighted by Crippen LogP contribution is 2.19. The molecule has 0 aliphatic rings. The molecule has 0 aliphatic heterocycles. The molecule has 21 nitrogen and oxygen atoms in total. The second-order valence-electron chi connectivity index (χ2n) is 18.9. The first-order valence-electron chi connectivity index (χ1n) is 27.1. The van der Waals surface area contributed by atoms with E-state index in [1.54, 1.807) is 6.20 Å². The number of nitrogens with one attached hydrogen (secondary N) is 4. The van der Waals surface area contributed by atoms with Crippen molar-refractivity contribution in [3.8, 4) is 0 Å². The van der Waals surface area contributed by atoms with Crippen molar-refractivity contribution in [3.05, 3.63) is 18.2 Å². The van der Waals surface area contributed by atoms with Crippen LogP contribution in [-0.2, 0) is 68.5 Å². The zero-order valence-corrected chi connectivity index (χ0v) is 44.3. The number of H-pyrrole nitrogens is 1. The lowest BCUT2D eigenvalue weighted by Gasteiger charge is -2.17. The molecule has 0 fully saturated rings. The van der Waals surface area contributed by atoms with Crippen LogP contribution in [-0.4, -0.2) is 151 Å². The zero-order valence-electron chi connectivity index (χ0n) is 44.3. The fourth-order valence-corrected chi connectivity index (χ4v) is 7.91. The van der Waals surface area contributed by atoms with Gasteiger partial charge in [-0.3, -0.25) is 33.6 Å². The van der Waals surface area contributed by atoms with E-state index in [9.17, 15) is 48.3 Å². The second kappa shape index (κ2) is 45.4. The Bertz CT molecular complexity index is 1740. The molecule has 1 heterocycles. The third kappa shape index (κ3) is 40.4. The largest absolute Gasteiger partial charge is 0.481 e. The average molecular weight is 1060 g/mol. The molecule has 0 saturated heterocycles. The fourth-order valence-electron chi connectivity index (χ4n) is 7.91. The van der Waals surface area contributed by atoms with Crippen molar-refractivity contribution in [2.75, 3.05) is 65.9 Å². The van der Waals surface area contributed by atoms with Crippen LogP contribution in [0, 0.1) is 5.92 Å². The Balaban J connectivity index is 0. The lowest BCUT2D eigenvalue weighted by molar-refractivity contribution is -0.142. The number of ketones is 4. The first-order valence-corrected chi connectivity index (χ1v) is 27.1. The molecule has 3 atom stereocenters. The summed E-state index contributed by atoms with van der Waals surface area (Å²) in [6.07, 6.45) is 21.4. The number of imidazole rings is 1. The van der Waals surface area contributed by atoms with Crippen LogP contribution in [0.4, 0.5) is 0 Å². The highest BCUT2D eigenvalue weighted by Gasteiger charge is 2.25. The molecule has 3 amide bonds. The van der Waals surface area contributed by atoms with E-state index in [4.69, 9.17) is 29.8 Å². The Morgan fingerprint density at radius 1 is 0.581 bits per heavy atom. The summed E-state index contributed by atoms with van der Waals surface area (Å²) in [6, 6.07) is -1.90. The molecule has 0 aromatic carbocycles. The van der Waals surface area contributed by atoms with Gasteiger partial charge in [0.05, 0.1) is 45.4 Å². The van der Waals surface area contributed by atoms with Gasteiger partial charge in [0.25, 0.3) is 0 Å². The van der Waals surface area contributed by atoms with Gasteiger partial charge in [-0.05, 0) is 45.4 Å². The van der Waals surface area contributed by atoms with Gasteiger partial charge >= 0.3 is 11.9 Å². The summed E-state index contributed by atoms with van der Waals surface area (Å²) in [6.45, 7) is 2.95. The lowest BCUT2D eigenvalue weighted by Crippen LogP contribution is -2.41. The van der Waals surface area contributed by atoms with E-state index in [0.717, 1.165) is 50.6 Å². The summed E-state index contributed by atoms with van der Waals surface area (Å²) in [5, 5.41) is 26.2. The van der Waals surface area contributed by atoms with E-state index < -0.39 is 29.9 Å². The molecule has 8 N–H and O–H groups in total. The van der Waals surface area contributed by atoms with Crippen molar-refractivity contribution < 1.29 is 75.2 Å². The smallest absolute Gasteiger partial charge is 0.326 e. The summed E-state index contributed by atoms with van der Waals surface area (Å²) >= 11 is 0. The Hall–Kier alpha value is -4.96. The number of rotatable bonds is 53. The van der Waals surface area contributed by atoms with Crippen LogP contribution in [0.15, 0.2) is 12.5 Å². The van der Waals surface area contributed by atoms with Crippen LogP contribution >= 0.6 is 0 Å². The van der Waals surface area contributed by atoms with Gasteiger partial charge in [-0.15, -0.1) is 0 Å². The lowest BCUT2D eigenvalue weighted by atomic mass is 9.87. The minimum atomic E-state index is -1.17. The molecule has 1 aromatic rings. The van der Waals surface area contributed by atoms with E-state index in [1.807, 2.05) is 0 Å². The minimum absolute atomic E-state index is 0. The summed E-state index contributed by atoms with van der Waals surface area (Å²) in [4.78, 5) is 115. The number of carbonyl (C=O) groups excluding carboxylic acids is 7. The molecular formula is C53H94N6O15. The zero-order chi connectivity index (χ0) is 54.4. The van der Waals surface area contributed by atoms with E-state index >= 15 is 0 Å². The number of aromatic amines is 1. The number of nitrogens with two attached hydrogens (primary N) is 1. The fraction of sp³-hybridized carbons (Fsp3) is 0.774. The number of aromatic nitrogens is 2. The van der Waals surface area contributed by atoms with Crippen molar-refractivity contribution >= 4 is 52.8 Å². The molecular weight excluding hydrogens is 961 g/mol. The average Bonchev–Trinajstić information content (AvgIpc) is 3.88. The summed E-state index contributed by atoms with van der Waals surface area (Å²) in [5.41, 5.74) is 6.81. The Kier molecular flexibility index (Phi) is 41.2. The van der Waals surface area contributed by atoms with Crippen LogP contribution in [0.2, 0.25) is 0 Å². The van der Waals surface area contributed by atoms with Crippen molar-refractivity contribution in [2.45, 2.75) is 192 Å². The number of carboxylic acids is 2. The summed E-state index contributed by atoms with van der Waals surface area (Å²) in [7, 11) is 0. The number of amides is 3. The first-order chi connectivity index (χ1) is 35.7. The van der Waals surface area contributed by atoms with Crippen molar-refractivity contribution in [3.63, 3.8) is 0 Å². The summed E-state index contributed by atoms with van der Waals surface area (Å²) < 4.78 is 21.6. The number of hydrogen-bond acceptors (Lipinski definition) is 15. The highest BCUT2D eigenvalue weighted by atomic mass is 16.5. The maximum Gasteiger partial charge on any atom is 0.326 e. The SMILES string of the molecule is CC(=O)CCC(=O)[C@H](CCCCNC(=O)COCCOCCNC(=O)COCCOCCCC(=O)CC[C@H](NC(=O)CCCCCCCCCCCCCCCCC(=O)O)C(=O)O)CC(=O)[C@@H](N)Cc1cnc[nH]1.[HH].[HH]. The van der Waals surface area contributed by atoms with E-state index in [0.29, 0.717) is 45.3 Å². The number of unbranched alkanes of at least 4 members (excludes halogenated alkanes) is 14. The maximum atomic E-state index is 12.8. The van der Waals surface area contributed by atoms with E-state index in [1.165, 1.54) is 51.8 Å². The predicted molar refractivity (Wildman–Crippen MR) is 280 cm³/mol. The molecule has 1 rings (SSSR count). The van der Waals surface area contributed by atoms with Crippen molar-refractivity contribution in [1.82, 2.24) is 25.9 Å². The van der Waals surface area contributed by atoms with Crippen molar-refractivity contribution in [1.29, 1.82) is 0 Å². The number of nitrogens with zero attached hydrogens (tertiary/aromatic N) is 1. The molecule has 426 valence electrons. The predicted octanol–water partition coefficient (Wildman–Crippen LogP) is 5.78. The van der Waals surface area contributed by atoms with Gasteiger partial charge in [0.15, 0.2) is 5.78 Å². The Morgan fingerprint density at radius 3 is 1.69 bits per heavy atom. The normalized spacial score (nSPS) is 12.4. The van der Waals surface area contributed by atoms with Gasteiger partial charge in [-0.2, -0.15) is 0 Å². The summed E-state index contributed by atoms with van der Waals surface area (Å²) in [5.74, 6) is -4.01. The van der Waals surface area contributed by atoms with Gasteiger partial charge in [-0.25, -0.2) is 9.78 Å². The van der Waals surface area contributed by atoms with E-state index in [-0.39, 0.29) is 154 Å². The molecule has 0 aliphatic carbocycles. The van der Waals surface area contributed by atoms with Crippen LogP contribution < -0.4 is 21.7 Å². The molecule has 1 aromatic heterocycles. The Labute approximate surface area is 441 Å². The topological polar surface area (TPSA) is 322 Å². The van der Waals surface area contributed by atoms with Gasteiger partial charge in [0, 0.05) is 91.7 Å². The standard InChI is InChI=1S/C53H90N6O15.2H2/c1-41(60)23-26-47(62)42(35-48(63)45(54)36-43-37-55-40-58-43)19-16-17-27-56-50(65)38-74-34-32-72-30-28-57-51(66)39-73-33-31-71-29-18-20-44(61)24-25-46(53(69)70)59-49(64)21-14-12-10-8-6-4-2-3-5-7-9-11-13-15-22-52(67)68;;/h37,40,42,45-46H,2-36,38-39,54H2,1H3,(H,55,58)(H,56,65)(H,57,66)(H,59,64)(H,67,68)(H,69,70);2*1H/t42-,45+,46+;;/m1../s1. The maximum absolute atomic E-state index is 12.8. The molecule has 74 heavy (non-hydrogen) atoms. The third-order valence-corrected chi connectivity index (χ3v) is 12.2. The quantitative estimate of drug-likeness (QED) is 0.0380. The van der Waals surface area contributed by atoms with Gasteiger partial charge in [-0.1, -0.05) is 83.5 Å². The number of aliphatic carboxylic acids is 2. The number of ether oxygens (including phenoxy) is 4. The Morgan fingerprint density at radius 2 is 1.14 bits per heavy atom. The van der Waals surface area contributed by atoms with Crippen LogP contribution in [0.25, 0.3) is 0 Å². The van der Waals surface area contributed by atoms with Gasteiger partial charge in [0.1, 0.15) is 36.6 Å². The third-order valence-electron chi connectivity index (χ3n) is 12.2. The monoisotopic (exact) mass is 1050 g/mol. The van der Waals surface area contributed by atoms with Crippen LogP contribution in [0.5, 0.6) is 0 Å². The van der Waals surface area contributed by atoms with Gasteiger partial charge in [0.2, 0.25) is 17.7 Å². The highest BCUT2D eigenvalue weighted by molar-refractivity contribution is 5.92.